The highest BCUT2D eigenvalue weighted by Crippen LogP contribution is 2.39. The quantitative estimate of drug-likeness (QED) is 0.627. The van der Waals surface area contributed by atoms with E-state index in [9.17, 15) is 4.79 Å². The van der Waals surface area contributed by atoms with Crippen molar-refractivity contribution in [2.45, 2.75) is 38.5 Å². The van der Waals surface area contributed by atoms with E-state index in [1.165, 1.54) is 0 Å². The zero-order valence-electron chi connectivity index (χ0n) is 17.6. The lowest BCUT2D eigenvalue weighted by atomic mass is 9.81. The summed E-state index contributed by atoms with van der Waals surface area (Å²) >= 11 is 1.71. The van der Waals surface area contributed by atoms with Crippen molar-refractivity contribution in [3.8, 4) is 10.6 Å². The molecule has 3 aromatic rings. The third-order valence-corrected chi connectivity index (χ3v) is 6.75. The molecular weight excluding hydrogens is 394 g/mol. The summed E-state index contributed by atoms with van der Waals surface area (Å²) in [7, 11) is 3.68. The molecule has 0 saturated heterocycles. The fourth-order valence-corrected chi connectivity index (χ4v) is 4.98. The van der Waals surface area contributed by atoms with Crippen LogP contribution in [0.15, 0.2) is 42.7 Å². The molecule has 0 aromatic carbocycles. The summed E-state index contributed by atoms with van der Waals surface area (Å²) in [6, 6.07) is 9.92. The van der Waals surface area contributed by atoms with Crippen LogP contribution in [0.3, 0.4) is 0 Å². The molecule has 1 N–H and O–H groups in total. The molecular formula is C23H27N5OS. The van der Waals surface area contributed by atoms with Gasteiger partial charge in [0.25, 0.3) is 0 Å². The molecule has 0 atom stereocenters. The van der Waals surface area contributed by atoms with Crippen molar-refractivity contribution in [2.75, 3.05) is 19.4 Å². The van der Waals surface area contributed by atoms with Crippen molar-refractivity contribution >= 4 is 28.9 Å². The lowest BCUT2D eigenvalue weighted by Gasteiger charge is -2.28. The number of amides is 1. The lowest BCUT2D eigenvalue weighted by molar-refractivity contribution is -0.134. The van der Waals surface area contributed by atoms with Gasteiger partial charge in [0.15, 0.2) is 0 Å². The topological polar surface area (TPSA) is 71.0 Å². The fraction of sp³-hybridized carbons (Fsp3) is 0.391. The van der Waals surface area contributed by atoms with Crippen molar-refractivity contribution in [1.29, 1.82) is 0 Å². The second-order valence-corrected chi connectivity index (χ2v) is 9.16. The summed E-state index contributed by atoms with van der Waals surface area (Å²) in [5.41, 5.74) is 2.06. The van der Waals surface area contributed by atoms with Gasteiger partial charge in [-0.15, -0.1) is 11.3 Å². The maximum atomic E-state index is 12.2. The Balaban J connectivity index is 1.44. The third kappa shape index (κ3) is 4.67. The van der Waals surface area contributed by atoms with Crippen LogP contribution in [-0.2, 0) is 4.79 Å². The first-order valence-electron chi connectivity index (χ1n) is 10.3. The molecule has 1 fully saturated rings. The third-order valence-electron chi connectivity index (χ3n) is 5.56. The Bertz CT molecular complexity index is 1020. The number of thiazole rings is 1. The van der Waals surface area contributed by atoms with Crippen LogP contribution in [0.25, 0.3) is 10.6 Å². The molecule has 4 rings (SSSR count). The van der Waals surface area contributed by atoms with Crippen LogP contribution in [0.2, 0.25) is 0 Å². The second-order valence-electron chi connectivity index (χ2n) is 8.10. The molecule has 3 heterocycles. The largest absolute Gasteiger partial charge is 0.349 e. The number of aromatic nitrogens is 3. The van der Waals surface area contributed by atoms with Crippen LogP contribution < -0.4 is 5.32 Å². The summed E-state index contributed by atoms with van der Waals surface area (Å²) in [5.74, 6) is 2.41. The van der Waals surface area contributed by atoms with Gasteiger partial charge in [-0.2, -0.15) is 0 Å². The Morgan fingerprint density at radius 1 is 1.10 bits per heavy atom. The van der Waals surface area contributed by atoms with Crippen molar-refractivity contribution in [3.63, 3.8) is 0 Å². The Kier molecular flexibility index (Phi) is 6.08. The van der Waals surface area contributed by atoms with Gasteiger partial charge in [-0.3, -0.25) is 4.79 Å². The molecule has 3 aromatic heterocycles. The molecule has 0 unspecified atom stereocenters. The van der Waals surface area contributed by atoms with Gasteiger partial charge >= 0.3 is 0 Å². The number of pyridine rings is 2. The summed E-state index contributed by atoms with van der Waals surface area (Å²) < 4.78 is 0. The van der Waals surface area contributed by atoms with Gasteiger partial charge < -0.3 is 10.2 Å². The van der Waals surface area contributed by atoms with Crippen LogP contribution in [0.4, 0.5) is 11.6 Å². The number of hydrogen-bond donors (Lipinski definition) is 1. The van der Waals surface area contributed by atoms with Gasteiger partial charge in [-0.05, 0) is 62.4 Å². The van der Waals surface area contributed by atoms with E-state index in [4.69, 9.17) is 9.97 Å². The van der Waals surface area contributed by atoms with Crippen LogP contribution in [-0.4, -0.2) is 39.9 Å². The molecule has 1 saturated carbocycles. The maximum absolute atomic E-state index is 12.2. The van der Waals surface area contributed by atoms with Crippen molar-refractivity contribution < 1.29 is 4.79 Å². The Labute approximate surface area is 181 Å². The molecule has 1 aliphatic rings. The smallest absolute Gasteiger partial charge is 0.225 e. The highest BCUT2D eigenvalue weighted by molar-refractivity contribution is 7.15. The second kappa shape index (κ2) is 8.92. The van der Waals surface area contributed by atoms with Gasteiger partial charge in [0.1, 0.15) is 11.6 Å². The van der Waals surface area contributed by atoms with Crippen LogP contribution in [0.1, 0.15) is 42.2 Å². The number of nitrogens with zero attached hydrogens (tertiary/aromatic N) is 4. The molecule has 156 valence electrons. The van der Waals surface area contributed by atoms with Gasteiger partial charge in [-0.25, -0.2) is 15.0 Å². The van der Waals surface area contributed by atoms with Crippen molar-refractivity contribution in [1.82, 2.24) is 19.9 Å². The summed E-state index contributed by atoms with van der Waals surface area (Å²) in [6.45, 7) is 2.04. The summed E-state index contributed by atoms with van der Waals surface area (Å²) in [5, 5.41) is 4.43. The molecule has 0 spiro atoms. The van der Waals surface area contributed by atoms with Crippen LogP contribution in [0, 0.1) is 12.8 Å². The lowest BCUT2D eigenvalue weighted by Crippen LogP contribution is -2.31. The maximum Gasteiger partial charge on any atom is 0.225 e. The molecule has 0 aliphatic heterocycles. The minimum Gasteiger partial charge on any atom is -0.349 e. The summed E-state index contributed by atoms with van der Waals surface area (Å²) in [6.07, 6.45) is 7.64. The number of carbonyl (C=O) groups is 1. The van der Waals surface area contributed by atoms with E-state index in [1.807, 2.05) is 57.5 Å². The van der Waals surface area contributed by atoms with Gasteiger partial charge in [0.2, 0.25) is 5.91 Å². The van der Waals surface area contributed by atoms with Crippen LogP contribution in [0.5, 0.6) is 0 Å². The normalized spacial score (nSPS) is 18.8. The molecule has 7 heteroatoms. The van der Waals surface area contributed by atoms with E-state index < -0.39 is 0 Å². The van der Waals surface area contributed by atoms with E-state index in [-0.39, 0.29) is 11.8 Å². The number of aryl methyl sites for hydroxylation is 1. The number of nitrogens with one attached hydrogen (secondary N) is 1. The highest BCUT2D eigenvalue weighted by Gasteiger charge is 2.29. The van der Waals surface area contributed by atoms with E-state index >= 15 is 0 Å². The van der Waals surface area contributed by atoms with E-state index in [0.29, 0.717) is 5.92 Å². The van der Waals surface area contributed by atoms with Gasteiger partial charge in [-0.1, -0.05) is 6.07 Å². The van der Waals surface area contributed by atoms with Gasteiger partial charge in [0.05, 0.1) is 15.6 Å². The number of anilines is 2. The Morgan fingerprint density at radius 3 is 2.63 bits per heavy atom. The molecule has 30 heavy (non-hydrogen) atoms. The Hall–Kier alpha value is -2.80. The average Bonchev–Trinajstić information content (AvgIpc) is 3.24. The monoisotopic (exact) mass is 421 g/mol. The number of rotatable bonds is 5. The van der Waals surface area contributed by atoms with Crippen molar-refractivity contribution in [3.05, 3.63) is 53.3 Å². The molecule has 1 aliphatic carbocycles. The predicted molar refractivity (Wildman–Crippen MR) is 121 cm³/mol. The molecule has 1 amide bonds. The van der Waals surface area contributed by atoms with Gasteiger partial charge in [0, 0.05) is 38.3 Å². The zero-order chi connectivity index (χ0) is 21.1. The van der Waals surface area contributed by atoms with E-state index in [0.717, 1.165) is 58.5 Å². The highest BCUT2D eigenvalue weighted by atomic mass is 32.1. The standard InChI is InChI=1S/C23H27N5OS/c1-15-11-12-24-21(13-15)27-20-6-4-5-18(26-20)19-14-25-22(30-19)16-7-9-17(10-8-16)23(29)28(2)3/h4-6,11-14,16-17H,7-10H2,1-3H3,(H,24,26,27)/t16-,17-. The molecule has 0 radical (unpaired) electrons. The van der Waals surface area contributed by atoms with Crippen LogP contribution >= 0.6 is 11.3 Å². The van der Waals surface area contributed by atoms with E-state index in [2.05, 4.69) is 10.3 Å². The molecule has 0 bridgehead atoms. The minimum atomic E-state index is 0.162. The fourth-order valence-electron chi connectivity index (χ4n) is 3.92. The predicted octanol–water partition coefficient (Wildman–Crippen LogP) is 5.01. The Morgan fingerprint density at radius 2 is 1.90 bits per heavy atom. The summed E-state index contributed by atoms with van der Waals surface area (Å²) in [4.78, 5) is 28.8. The van der Waals surface area contributed by atoms with E-state index in [1.54, 1.807) is 22.4 Å². The minimum absolute atomic E-state index is 0.162. The molecule has 6 nitrogen and oxygen atoms in total. The van der Waals surface area contributed by atoms with Crippen molar-refractivity contribution in [2.24, 2.45) is 5.92 Å². The SMILES string of the molecule is Cc1ccnc(Nc2cccc(-c3cnc([C@H]4CC[C@H](C(=O)N(C)C)CC4)s3)n2)c1. The first-order valence-corrected chi connectivity index (χ1v) is 11.2. The average molecular weight is 422 g/mol. The zero-order valence-corrected chi connectivity index (χ0v) is 18.4. The number of carbonyl (C=O) groups excluding carboxylic acids is 1. The first-order chi connectivity index (χ1) is 14.5. The number of hydrogen-bond acceptors (Lipinski definition) is 6. The first kappa shape index (κ1) is 20.5.